The van der Waals surface area contributed by atoms with E-state index in [0.29, 0.717) is 5.92 Å². The van der Waals surface area contributed by atoms with Gasteiger partial charge in [-0.1, -0.05) is 55.5 Å². The van der Waals surface area contributed by atoms with Crippen molar-refractivity contribution in [1.82, 2.24) is 4.90 Å². The Morgan fingerprint density at radius 3 is 2.65 bits per heavy atom. The first-order chi connectivity index (χ1) is 8.16. The molecular formula is C16H21N. The fourth-order valence-corrected chi connectivity index (χ4v) is 2.37. The second-order valence-electron chi connectivity index (χ2n) is 4.96. The molecule has 0 aromatic heterocycles. The average Bonchev–Trinajstić information content (AvgIpc) is 2.33. The van der Waals surface area contributed by atoms with Gasteiger partial charge in [0.15, 0.2) is 0 Å². The van der Waals surface area contributed by atoms with Crippen LogP contribution in [0.4, 0.5) is 0 Å². The Morgan fingerprint density at radius 2 is 2.06 bits per heavy atom. The molecule has 1 heteroatoms. The van der Waals surface area contributed by atoms with Crippen LogP contribution in [0.25, 0.3) is 6.08 Å². The predicted octanol–water partition coefficient (Wildman–Crippen LogP) is 3.95. The van der Waals surface area contributed by atoms with E-state index in [-0.39, 0.29) is 0 Å². The quantitative estimate of drug-likeness (QED) is 0.739. The minimum absolute atomic E-state index is 0.626. The maximum Gasteiger partial charge on any atom is 0.0237 e. The van der Waals surface area contributed by atoms with E-state index in [1.54, 1.807) is 5.57 Å². The lowest BCUT2D eigenvalue weighted by Crippen LogP contribution is -2.33. The van der Waals surface area contributed by atoms with Gasteiger partial charge in [-0.15, -0.1) is 0 Å². The fraction of sp³-hybridized carbons (Fsp3) is 0.375. The number of piperidine rings is 1. The van der Waals surface area contributed by atoms with Crippen molar-refractivity contribution >= 4 is 6.08 Å². The van der Waals surface area contributed by atoms with Gasteiger partial charge < -0.3 is 4.90 Å². The van der Waals surface area contributed by atoms with Crippen molar-refractivity contribution in [3.8, 4) is 0 Å². The van der Waals surface area contributed by atoms with Crippen LogP contribution in [-0.4, -0.2) is 18.0 Å². The third-order valence-electron chi connectivity index (χ3n) is 3.49. The van der Waals surface area contributed by atoms with Crippen LogP contribution in [0.15, 0.2) is 48.2 Å². The molecule has 1 aliphatic rings. The largest absolute Gasteiger partial charge is 0.375 e. The zero-order valence-corrected chi connectivity index (χ0v) is 10.8. The lowest BCUT2D eigenvalue weighted by molar-refractivity contribution is 0.279. The van der Waals surface area contributed by atoms with Crippen molar-refractivity contribution in [2.45, 2.75) is 20.3 Å². The van der Waals surface area contributed by atoms with Gasteiger partial charge in [0.25, 0.3) is 0 Å². The highest BCUT2D eigenvalue weighted by atomic mass is 15.1. The first-order valence-corrected chi connectivity index (χ1v) is 6.33. The molecule has 0 bridgehead atoms. The van der Waals surface area contributed by atoms with Crippen LogP contribution in [0.1, 0.15) is 25.8 Å². The summed E-state index contributed by atoms with van der Waals surface area (Å²) in [6.45, 7) is 10.6. The summed E-state index contributed by atoms with van der Waals surface area (Å²) in [6, 6.07) is 10.6. The molecule has 0 N–H and O–H groups in total. The Bertz CT molecular complexity index is 416. The molecule has 1 aliphatic heterocycles. The van der Waals surface area contributed by atoms with Gasteiger partial charge in [0.2, 0.25) is 0 Å². The Kier molecular flexibility index (Phi) is 3.68. The Hall–Kier alpha value is -1.50. The van der Waals surface area contributed by atoms with Gasteiger partial charge in [-0.3, -0.25) is 0 Å². The van der Waals surface area contributed by atoms with Gasteiger partial charge in [0.1, 0.15) is 0 Å². The molecule has 1 atom stereocenters. The molecule has 17 heavy (non-hydrogen) atoms. The molecule has 1 unspecified atom stereocenters. The van der Waals surface area contributed by atoms with E-state index >= 15 is 0 Å². The minimum Gasteiger partial charge on any atom is -0.375 e. The maximum absolute atomic E-state index is 4.03. The molecule has 0 saturated carbocycles. The summed E-state index contributed by atoms with van der Waals surface area (Å²) >= 11 is 0. The molecule has 1 aromatic carbocycles. The zero-order valence-electron chi connectivity index (χ0n) is 10.8. The van der Waals surface area contributed by atoms with Crippen molar-refractivity contribution in [1.29, 1.82) is 0 Å². The second-order valence-corrected chi connectivity index (χ2v) is 4.96. The molecule has 0 aliphatic carbocycles. The molecule has 2 rings (SSSR count). The van der Waals surface area contributed by atoms with Crippen molar-refractivity contribution in [3.63, 3.8) is 0 Å². The zero-order chi connectivity index (χ0) is 12.3. The van der Waals surface area contributed by atoms with Crippen LogP contribution in [0.2, 0.25) is 0 Å². The van der Waals surface area contributed by atoms with E-state index in [1.807, 2.05) is 0 Å². The summed E-state index contributed by atoms with van der Waals surface area (Å²) in [4.78, 5) is 2.38. The van der Waals surface area contributed by atoms with Gasteiger partial charge in [0.05, 0.1) is 0 Å². The third kappa shape index (κ3) is 3.00. The van der Waals surface area contributed by atoms with Gasteiger partial charge in [-0.05, 0) is 24.8 Å². The van der Waals surface area contributed by atoms with Crippen LogP contribution in [-0.2, 0) is 0 Å². The van der Waals surface area contributed by atoms with E-state index in [4.69, 9.17) is 0 Å². The molecule has 0 radical (unpaired) electrons. The molecule has 1 heterocycles. The minimum atomic E-state index is 0.626. The van der Waals surface area contributed by atoms with Gasteiger partial charge in [-0.2, -0.15) is 0 Å². The van der Waals surface area contributed by atoms with Crippen LogP contribution in [0.3, 0.4) is 0 Å². The number of benzene rings is 1. The number of hydrogen-bond donors (Lipinski definition) is 0. The van der Waals surface area contributed by atoms with Gasteiger partial charge in [-0.25, -0.2) is 0 Å². The molecule has 90 valence electrons. The van der Waals surface area contributed by atoms with Gasteiger partial charge >= 0.3 is 0 Å². The maximum atomic E-state index is 4.03. The summed E-state index contributed by atoms with van der Waals surface area (Å²) in [5, 5.41) is 0. The normalized spacial score (nSPS) is 22.8. The smallest absolute Gasteiger partial charge is 0.0237 e. The predicted molar refractivity (Wildman–Crippen MR) is 74.6 cm³/mol. The van der Waals surface area contributed by atoms with Crippen LogP contribution in [0.5, 0.6) is 0 Å². The molecular weight excluding hydrogens is 206 g/mol. The Morgan fingerprint density at radius 1 is 1.35 bits per heavy atom. The van der Waals surface area contributed by atoms with Crippen LogP contribution in [0, 0.1) is 5.92 Å². The van der Waals surface area contributed by atoms with Gasteiger partial charge in [0, 0.05) is 18.8 Å². The highest BCUT2D eigenvalue weighted by Crippen LogP contribution is 2.26. The first-order valence-electron chi connectivity index (χ1n) is 6.33. The number of allylic oxidation sites excluding steroid dienone is 1. The number of nitrogens with zero attached hydrogens (tertiary/aromatic N) is 1. The van der Waals surface area contributed by atoms with Crippen molar-refractivity contribution < 1.29 is 0 Å². The summed E-state index contributed by atoms with van der Waals surface area (Å²) < 4.78 is 0. The Labute approximate surface area is 104 Å². The van der Waals surface area contributed by atoms with Crippen molar-refractivity contribution in [2.24, 2.45) is 5.92 Å². The molecule has 1 aromatic rings. The molecule has 1 fully saturated rings. The Balaban J connectivity index is 2.09. The SMILES string of the molecule is C=C(C)N1CC/C(=C\c2ccccc2)C(C)C1. The number of hydrogen-bond acceptors (Lipinski definition) is 1. The van der Waals surface area contributed by atoms with Crippen molar-refractivity contribution in [2.75, 3.05) is 13.1 Å². The first kappa shape index (κ1) is 12.0. The second kappa shape index (κ2) is 5.22. The highest BCUT2D eigenvalue weighted by molar-refractivity contribution is 5.53. The summed E-state index contributed by atoms with van der Waals surface area (Å²) in [7, 11) is 0. The van der Waals surface area contributed by atoms with E-state index < -0.39 is 0 Å². The van der Waals surface area contributed by atoms with E-state index in [0.717, 1.165) is 19.5 Å². The lowest BCUT2D eigenvalue weighted by atomic mass is 9.91. The highest BCUT2D eigenvalue weighted by Gasteiger charge is 2.19. The van der Waals surface area contributed by atoms with E-state index in [9.17, 15) is 0 Å². The van der Waals surface area contributed by atoms with Crippen LogP contribution < -0.4 is 0 Å². The standard InChI is InChI=1S/C16H21N/c1-13(2)17-10-9-16(14(3)12-17)11-15-7-5-4-6-8-15/h4-8,11,14H,1,9-10,12H2,2-3H3/b16-11+. The summed E-state index contributed by atoms with van der Waals surface area (Å²) in [5.74, 6) is 0.626. The van der Waals surface area contributed by atoms with E-state index in [1.165, 1.54) is 11.3 Å². The number of rotatable bonds is 2. The molecule has 1 saturated heterocycles. The monoisotopic (exact) mass is 227 g/mol. The topological polar surface area (TPSA) is 3.24 Å². The molecule has 1 nitrogen and oxygen atoms in total. The summed E-state index contributed by atoms with van der Waals surface area (Å²) in [5.41, 5.74) is 4.07. The van der Waals surface area contributed by atoms with Crippen LogP contribution >= 0.6 is 0 Å². The summed E-state index contributed by atoms with van der Waals surface area (Å²) in [6.07, 6.45) is 3.50. The van der Waals surface area contributed by atoms with Crippen molar-refractivity contribution in [3.05, 3.63) is 53.7 Å². The number of likely N-dealkylation sites (tertiary alicyclic amines) is 1. The molecule has 0 amide bonds. The lowest BCUT2D eigenvalue weighted by Gasteiger charge is -2.35. The average molecular weight is 227 g/mol. The third-order valence-corrected chi connectivity index (χ3v) is 3.49. The molecule has 0 spiro atoms. The van der Waals surface area contributed by atoms with E-state index in [2.05, 4.69) is 61.7 Å². The fourth-order valence-electron chi connectivity index (χ4n) is 2.37.